The molecule has 0 aliphatic rings. The van der Waals surface area contributed by atoms with Gasteiger partial charge >= 0.3 is 0 Å². The minimum Gasteiger partial charge on any atom is -0.383 e. The lowest BCUT2D eigenvalue weighted by molar-refractivity contribution is -0.384. The van der Waals surface area contributed by atoms with Crippen LogP contribution >= 0.6 is 24.0 Å². The maximum absolute atomic E-state index is 10.7. The maximum atomic E-state index is 10.7. The highest BCUT2D eigenvalue weighted by Crippen LogP contribution is 2.12. The van der Waals surface area contributed by atoms with Gasteiger partial charge in [0, 0.05) is 45.5 Å². The number of hydrogen-bond acceptors (Lipinski definition) is 5. The number of nitrogens with zero attached hydrogens (tertiary/aromatic N) is 2. The van der Waals surface area contributed by atoms with E-state index < -0.39 is 4.92 Å². The maximum Gasteiger partial charge on any atom is 0.269 e. The van der Waals surface area contributed by atoms with E-state index in [2.05, 4.69) is 22.5 Å². The molecule has 0 atom stereocenters. The largest absolute Gasteiger partial charge is 0.383 e. The van der Waals surface area contributed by atoms with Gasteiger partial charge in [-0.15, -0.1) is 24.0 Å². The lowest BCUT2D eigenvalue weighted by Crippen LogP contribution is -2.39. The van der Waals surface area contributed by atoms with Gasteiger partial charge < -0.3 is 20.1 Å². The summed E-state index contributed by atoms with van der Waals surface area (Å²) in [6.07, 6.45) is 3.13. The van der Waals surface area contributed by atoms with Crippen molar-refractivity contribution in [2.75, 3.05) is 40.0 Å². The average Bonchev–Trinajstić information content (AvgIpc) is 2.65. The van der Waals surface area contributed by atoms with Gasteiger partial charge in [0.2, 0.25) is 0 Å². The number of halogens is 1. The van der Waals surface area contributed by atoms with Crippen LogP contribution in [0.4, 0.5) is 5.69 Å². The second-order valence-electron chi connectivity index (χ2n) is 5.75. The van der Waals surface area contributed by atoms with Crippen molar-refractivity contribution in [2.45, 2.75) is 32.7 Å². The standard InChI is InChI=1S/C18H30N4O4.HI/c1-3-4-12-26-13-5-10-19-18(20-11-14-25-2)21-15-16-6-8-17(9-7-16)22(23)24;/h6-9H,3-5,10-15H2,1-2H3,(H2,19,20,21);1H. The highest BCUT2D eigenvalue weighted by Gasteiger charge is 2.04. The first-order valence-electron chi connectivity index (χ1n) is 8.99. The number of methoxy groups -OCH3 is 1. The number of nitrogens with one attached hydrogen (secondary N) is 2. The lowest BCUT2D eigenvalue weighted by atomic mass is 10.2. The molecular formula is C18H31IN4O4. The van der Waals surface area contributed by atoms with Crippen molar-refractivity contribution in [2.24, 2.45) is 4.99 Å². The van der Waals surface area contributed by atoms with Crippen molar-refractivity contribution >= 4 is 35.6 Å². The molecule has 2 N–H and O–H groups in total. The Balaban J connectivity index is 0.00000676. The summed E-state index contributed by atoms with van der Waals surface area (Å²) >= 11 is 0. The van der Waals surface area contributed by atoms with Crippen LogP contribution in [0.1, 0.15) is 31.7 Å². The van der Waals surface area contributed by atoms with Gasteiger partial charge in [0.15, 0.2) is 5.96 Å². The minimum absolute atomic E-state index is 0. The normalized spacial score (nSPS) is 11.0. The quantitative estimate of drug-likeness (QED) is 0.109. The number of nitro groups is 1. The van der Waals surface area contributed by atoms with Crippen molar-refractivity contribution in [3.8, 4) is 0 Å². The Morgan fingerprint density at radius 3 is 2.41 bits per heavy atom. The van der Waals surface area contributed by atoms with Crippen LogP contribution in [0.2, 0.25) is 0 Å². The van der Waals surface area contributed by atoms with Crippen LogP contribution in [-0.4, -0.2) is 50.9 Å². The molecule has 0 aliphatic carbocycles. The van der Waals surface area contributed by atoms with E-state index in [-0.39, 0.29) is 29.7 Å². The van der Waals surface area contributed by atoms with Gasteiger partial charge in [-0.2, -0.15) is 0 Å². The Morgan fingerprint density at radius 1 is 1.11 bits per heavy atom. The summed E-state index contributed by atoms with van der Waals surface area (Å²) in [4.78, 5) is 14.8. The number of guanidine groups is 1. The first-order valence-corrected chi connectivity index (χ1v) is 8.99. The topological polar surface area (TPSA) is 98.0 Å². The molecule has 1 aromatic rings. The molecular weight excluding hydrogens is 463 g/mol. The Labute approximate surface area is 178 Å². The van der Waals surface area contributed by atoms with Gasteiger partial charge in [0.1, 0.15) is 0 Å². The minimum atomic E-state index is -0.408. The van der Waals surface area contributed by atoms with E-state index in [4.69, 9.17) is 9.47 Å². The third-order valence-electron chi connectivity index (χ3n) is 3.57. The highest BCUT2D eigenvalue weighted by molar-refractivity contribution is 14.0. The van der Waals surface area contributed by atoms with Crippen molar-refractivity contribution in [3.63, 3.8) is 0 Å². The number of non-ortho nitro benzene ring substituents is 1. The molecule has 0 bridgehead atoms. The predicted octanol–water partition coefficient (Wildman–Crippen LogP) is 3.10. The van der Waals surface area contributed by atoms with E-state index in [0.29, 0.717) is 25.7 Å². The Morgan fingerprint density at radius 2 is 1.78 bits per heavy atom. The molecule has 0 aliphatic heterocycles. The Hall–Kier alpha value is -1.46. The molecule has 0 saturated carbocycles. The molecule has 0 heterocycles. The van der Waals surface area contributed by atoms with Crippen LogP contribution in [0.5, 0.6) is 0 Å². The Bertz CT molecular complexity index is 541. The van der Waals surface area contributed by atoms with Crippen molar-refractivity contribution in [1.29, 1.82) is 0 Å². The lowest BCUT2D eigenvalue weighted by Gasteiger charge is -2.12. The highest BCUT2D eigenvalue weighted by atomic mass is 127. The number of aliphatic imine (C=N–C) groups is 1. The third-order valence-corrected chi connectivity index (χ3v) is 3.57. The zero-order chi connectivity index (χ0) is 19.0. The number of rotatable bonds is 13. The predicted molar refractivity (Wildman–Crippen MR) is 118 cm³/mol. The van der Waals surface area contributed by atoms with Crippen LogP contribution < -0.4 is 10.6 Å². The zero-order valence-corrected chi connectivity index (χ0v) is 18.4. The summed E-state index contributed by atoms with van der Waals surface area (Å²) in [6.45, 7) is 6.10. The molecule has 0 unspecified atom stereocenters. The van der Waals surface area contributed by atoms with Crippen LogP contribution in [0, 0.1) is 10.1 Å². The number of unbranched alkanes of at least 4 members (excludes halogenated alkanes) is 1. The van der Waals surface area contributed by atoms with E-state index in [0.717, 1.165) is 44.6 Å². The SMILES string of the molecule is CCCCOCCCNC(=NCc1ccc([N+](=O)[O-])cc1)NCCOC.I. The molecule has 9 heteroatoms. The molecule has 0 spiro atoms. The van der Waals surface area contributed by atoms with Crippen molar-refractivity contribution < 1.29 is 14.4 Å². The van der Waals surface area contributed by atoms with E-state index in [1.807, 2.05) is 0 Å². The first kappa shape index (κ1) is 25.5. The number of hydrogen-bond donors (Lipinski definition) is 2. The van der Waals surface area contributed by atoms with Gasteiger partial charge in [-0.25, -0.2) is 4.99 Å². The number of benzene rings is 1. The summed E-state index contributed by atoms with van der Waals surface area (Å²) in [5.41, 5.74) is 0.990. The third kappa shape index (κ3) is 12.5. The summed E-state index contributed by atoms with van der Waals surface area (Å²) in [7, 11) is 1.65. The second kappa shape index (κ2) is 16.7. The smallest absolute Gasteiger partial charge is 0.269 e. The summed E-state index contributed by atoms with van der Waals surface area (Å²) in [5, 5.41) is 17.2. The Kier molecular flexibility index (Phi) is 15.8. The van der Waals surface area contributed by atoms with Gasteiger partial charge in [0.25, 0.3) is 5.69 Å². The van der Waals surface area contributed by atoms with Crippen LogP contribution in [-0.2, 0) is 16.0 Å². The zero-order valence-electron chi connectivity index (χ0n) is 16.1. The molecule has 0 saturated heterocycles. The van der Waals surface area contributed by atoms with E-state index in [1.54, 1.807) is 19.2 Å². The van der Waals surface area contributed by atoms with E-state index in [1.165, 1.54) is 12.1 Å². The van der Waals surface area contributed by atoms with E-state index in [9.17, 15) is 10.1 Å². The van der Waals surface area contributed by atoms with Crippen LogP contribution in [0.3, 0.4) is 0 Å². The molecule has 1 rings (SSSR count). The monoisotopic (exact) mass is 494 g/mol. The van der Waals surface area contributed by atoms with Gasteiger partial charge in [-0.1, -0.05) is 25.5 Å². The fraction of sp³-hybridized carbons (Fsp3) is 0.611. The van der Waals surface area contributed by atoms with Gasteiger partial charge in [-0.3, -0.25) is 10.1 Å². The van der Waals surface area contributed by atoms with E-state index >= 15 is 0 Å². The molecule has 154 valence electrons. The van der Waals surface area contributed by atoms with Crippen LogP contribution in [0.15, 0.2) is 29.3 Å². The molecule has 0 fully saturated rings. The fourth-order valence-electron chi connectivity index (χ4n) is 2.07. The number of nitro benzene ring substituents is 1. The summed E-state index contributed by atoms with van der Waals surface area (Å²) < 4.78 is 10.6. The molecule has 0 aromatic heterocycles. The van der Waals surface area contributed by atoms with Gasteiger partial charge in [-0.05, 0) is 18.4 Å². The molecule has 0 radical (unpaired) electrons. The van der Waals surface area contributed by atoms with Gasteiger partial charge in [0.05, 0.1) is 18.1 Å². The fourth-order valence-corrected chi connectivity index (χ4v) is 2.07. The summed E-state index contributed by atoms with van der Waals surface area (Å²) in [5.74, 6) is 0.689. The molecule has 8 nitrogen and oxygen atoms in total. The first-order chi connectivity index (χ1) is 12.7. The summed E-state index contributed by atoms with van der Waals surface area (Å²) in [6, 6.07) is 6.42. The van der Waals surface area contributed by atoms with Crippen molar-refractivity contribution in [3.05, 3.63) is 39.9 Å². The molecule has 1 aromatic carbocycles. The molecule has 27 heavy (non-hydrogen) atoms. The average molecular weight is 494 g/mol. The number of ether oxygens (including phenoxy) is 2. The molecule has 0 amide bonds. The van der Waals surface area contributed by atoms with Crippen LogP contribution in [0.25, 0.3) is 0 Å². The van der Waals surface area contributed by atoms with Crippen molar-refractivity contribution in [1.82, 2.24) is 10.6 Å². The second-order valence-corrected chi connectivity index (χ2v) is 5.75.